The summed E-state index contributed by atoms with van der Waals surface area (Å²) >= 11 is 0. The SMILES string of the molecule is c1cc2ccc3c(c2[nH]1)OCN3. The van der Waals surface area contributed by atoms with Crippen LogP contribution in [0.2, 0.25) is 0 Å². The standard InChI is InChI=1S/C9H8N2O/c1-2-7-9(12-5-11-7)8-6(1)3-4-10-8/h1-4,10-11H,5H2. The molecule has 3 nitrogen and oxygen atoms in total. The Morgan fingerprint density at radius 3 is 3.25 bits per heavy atom. The highest BCUT2D eigenvalue weighted by molar-refractivity contribution is 5.91. The van der Waals surface area contributed by atoms with Crippen molar-refractivity contribution in [2.75, 3.05) is 12.0 Å². The number of H-pyrrole nitrogens is 1. The van der Waals surface area contributed by atoms with Gasteiger partial charge in [0.1, 0.15) is 0 Å². The summed E-state index contributed by atoms with van der Waals surface area (Å²) in [5, 5.41) is 4.33. The summed E-state index contributed by atoms with van der Waals surface area (Å²) in [6.07, 6.45) is 1.92. The van der Waals surface area contributed by atoms with Crippen LogP contribution in [0.4, 0.5) is 5.69 Å². The number of fused-ring (bicyclic) bond motifs is 3. The van der Waals surface area contributed by atoms with E-state index in [1.807, 2.05) is 18.3 Å². The zero-order valence-electron chi connectivity index (χ0n) is 6.42. The predicted octanol–water partition coefficient (Wildman–Crippen LogP) is 1.93. The maximum Gasteiger partial charge on any atom is 0.169 e. The lowest BCUT2D eigenvalue weighted by molar-refractivity contribution is 0.376. The van der Waals surface area contributed by atoms with E-state index in [1.165, 1.54) is 5.39 Å². The lowest BCUT2D eigenvalue weighted by Gasteiger charge is -1.97. The van der Waals surface area contributed by atoms with E-state index in [-0.39, 0.29) is 0 Å². The van der Waals surface area contributed by atoms with Crippen molar-refractivity contribution in [1.82, 2.24) is 4.98 Å². The van der Waals surface area contributed by atoms with E-state index in [0.717, 1.165) is 17.0 Å². The molecule has 0 saturated carbocycles. The predicted molar refractivity (Wildman–Crippen MR) is 47.4 cm³/mol. The van der Waals surface area contributed by atoms with Crippen molar-refractivity contribution in [2.45, 2.75) is 0 Å². The van der Waals surface area contributed by atoms with Gasteiger partial charge in [-0.2, -0.15) is 0 Å². The van der Waals surface area contributed by atoms with Crippen LogP contribution in [-0.4, -0.2) is 11.7 Å². The van der Waals surface area contributed by atoms with Crippen LogP contribution in [0.25, 0.3) is 10.9 Å². The number of aromatic amines is 1. The second kappa shape index (κ2) is 1.94. The molecule has 0 atom stereocenters. The highest BCUT2D eigenvalue weighted by Crippen LogP contribution is 2.35. The number of aromatic nitrogens is 1. The van der Waals surface area contributed by atoms with Gasteiger partial charge in [0.15, 0.2) is 12.5 Å². The molecule has 2 heterocycles. The lowest BCUT2D eigenvalue weighted by atomic mass is 10.2. The van der Waals surface area contributed by atoms with Crippen LogP contribution >= 0.6 is 0 Å². The monoisotopic (exact) mass is 160 g/mol. The largest absolute Gasteiger partial charge is 0.469 e. The van der Waals surface area contributed by atoms with E-state index in [4.69, 9.17) is 4.74 Å². The Morgan fingerprint density at radius 1 is 1.25 bits per heavy atom. The normalized spacial score (nSPS) is 14.0. The third-order valence-corrected chi connectivity index (χ3v) is 2.16. The van der Waals surface area contributed by atoms with Crippen molar-refractivity contribution in [2.24, 2.45) is 0 Å². The minimum Gasteiger partial charge on any atom is -0.469 e. The number of hydrogen-bond acceptors (Lipinski definition) is 2. The first kappa shape index (κ1) is 5.94. The fraction of sp³-hybridized carbons (Fsp3) is 0.111. The van der Waals surface area contributed by atoms with Crippen LogP contribution in [-0.2, 0) is 0 Å². The fourth-order valence-corrected chi connectivity index (χ4v) is 1.58. The molecule has 0 radical (unpaired) electrons. The average Bonchev–Trinajstić information content (AvgIpc) is 2.71. The summed E-state index contributed by atoms with van der Waals surface area (Å²) in [6.45, 7) is 0.577. The Kier molecular flexibility index (Phi) is 0.961. The van der Waals surface area contributed by atoms with Crippen LogP contribution in [0.1, 0.15) is 0 Å². The second-order valence-corrected chi connectivity index (χ2v) is 2.85. The molecular weight excluding hydrogens is 152 g/mol. The van der Waals surface area contributed by atoms with Crippen LogP contribution in [0.5, 0.6) is 5.75 Å². The molecule has 0 unspecified atom stereocenters. The van der Waals surface area contributed by atoms with Gasteiger partial charge < -0.3 is 15.0 Å². The minimum atomic E-state index is 0.577. The quantitative estimate of drug-likeness (QED) is 0.617. The zero-order valence-corrected chi connectivity index (χ0v) is 6.42. The summed E-state index contributed by atoms with van der Waals surface area (Å²) in [5.74, 6) is 0.942. The van der Waals surface area contributed by atoms with E-state index in [0.29, 0.717) is 6.73 Å². The molecule has 1 aromatic heterocycles. The van der Waals surface area contributed by atoms with Gasteiger partial charge in [-0.1, -0.05) is 6.07 Å². The number of hydrogen-bond donors (Lipinski definition) is 2. The van der Waals surface area contributed by atoms with E-state index in [2.05, 4.69) is 16.4 Å². The number of rotatable bonds is 0. The molecule has 0 fully saturated rings. The Labute approximate surface area is 69.3 Å². The molecular formula is C9H8N2O. The Hall–Kier alpha value is -1.64. The minimum absolute atomic E-state index is 0.577. The summed E-state index contributed by atoms with van der Waals surface area (Å²) < 4.78 is 5.43. The molecule has 0 saturated heterocycles. The first-order chi connectivity index (χ1) is 5.95. The smallest absolute Gasteiger partial charge is 0.169 e. The molecule has 60 valence electrons. The summed E-state index contributed by atoms with van der Waals surface area (Å²) in [4.78, 5) is 3.15. The molecule has 0 spiro atoms. The molecule has 3 heteroatoms. The van der Waals surface area contributed by atoms with Crippen molar-refractivity contribution in [3.05, 3.63) is 24.4 Å². The first-order valence-electron chi connectivity index (χ1n) is 3.92. The van der Waals surface area contributed by atoms with Gasteiger partial charge in [-0.05, 0) is 12.1 Å². The molecule has 2 aromatic rings. The molecule has 0 aliphatic carbocycles. The van der Waals surface area contributed by atoms with Crippen molar-refractivity contribution >= 4 is 16.6 Å². The van der Waals surface area contributed by atoms with Crippen molar-refractivity contribution in [1.29, 1.82) is 0 Å². The number of nitrogens with one attached hydrogen (secondary N) is 2. The second-order valence-electron chi connectivity index (χ2n) is 2.85. The zero-order chi connectivity index (χ0) is 7.97. The van der Waals surface area contributed by atoms with Crippen LogP contribution in [0, 0.1) is 0 Å². The first-order valence-corrected chi connectivity index (χ1v) is 3.92. The molecule has 0 bridgehead atoms. The fourth-order valence-electron chi connectivity index (χ4n) is 1.58. The van der Waals surface area contributed by atoms with Gasteiger partial charge in [0.2, 0.25) is 0 Å². The molecule has 1 aromatic carbocycles. The third kappa shape index (κ3) is 0.605. The molecule has 0 amide bonds. The van der Waals surface area contributed by atoms with Crippen LogP contribution in [0.15, 0.2) is 24.4 Å². The van der Waals surface area contributed by atoms with Crippen molar-refractivity contribution in [3.63, 3.8) is 0 Å². The molecule has 1 aliphatic rings. The molecule has 1 aliphatic heterocycles. The van der Waals surface area contributed by atoms with Gasteiger partial charge in [-0.15, -0.1) is 0 Å². The number of ether oxygens (including phenoxy) is 1. The number of anilines is 1. The van der Waals surface area contributed by atoms with E-state index in [1.54, 1.807) is 0 Å². The summed E-state index contributed by atoms with van der Waals surface area (Å²) in [5.41, 5.74) is 2.16. The Balaban J connectivity index is 2.46. The van der Waals surface area contributed by atoms with Gasteiger partial charge in [-0.3, -0.25) is 0 Å². The van der Waals surface area contributed by atoms with Gasteiger partial charge in [-0.25, -0.2) is 0 Å². The molecule has 12 heavy (non-hydrogen) atoms. The van der Waals surface area contributed by atoms with Gasteiger partial charge in [0.05, 0.1) is 11.2 Å². The maximum absolute atomic E-state index is 5.43. The third-order valence-electron chi connectivity index (χ3n) is 2.16. The van der Waals surface area contributed by atoms with Crippen molar-refractivity contribution in [3.8, 4) is 5.75 Å². The highest BCUT2D eigenvalue weighted by Gasteiger charge is 2.14. The van der Waals surface area contributed by atoms with Gasteiger partial charge in [0, 0.05) is 11.6 Å². The van der Waals surface area contributed by atoms with Gasteiger partial charge in [0.25, 0.3) is 0 Å². The molecule has 2 N–H and O–H groups in total. The average molecular weight is 160 g/mol. The highest BCUT2D eigenvalue weighted by atomic mass is 16.5. The topological polar surface area (TPSA) is 37.0 Å². The Morgan fingerprint density at radius 2 is 2.25 bits per heavy atom. The Bertz CT molecular complexity index is 433. The van der Waals surface area contributed by atoms with Crippen LogP contribution in [0.3, 0.4) is 0 Å². The van der Waals surface area contributed by atoms with E-state index >= 15 is 0 Å². The maximum atomic E-state index is 5.43. The lowest BCUT2D eigenvalue weighted by Crippen LogP contribution is -1.96. The summed E-state index contributed by atoms with van der Waals surface area (Å²) in [6, 6.07) is 6.15. The summed E-state index contributed by atoms with van der Waals surface area (Å²) in [7, 11) is 0. The van der Waals surface area contributed by atoms with Gasteiger partial charge >= 0.3 is 0 Å². The number of benzene rings is 1. The van der Waals surface area contributed by atoms with E-state index in [9.17, 15) is 0 Å². The van der Waals surface area contributed by atoms with Crippen molar-refractivity contribution < 1.29 is 4.74 Å². The van der Waals surface area contributed by atoms with Crippen LogP contribution < -0.4 is 10.1 Å². The van der Waals surface area contributed by atoms with E-state index < -0.39 is 0 Å². The molecule has 3 rings (SSSR count).